The van der Waals surface area contributed by atoms with E-state index in [9.17, 15) is 8.42 Å². The minimum Gasteiger partial charge on any atom is -0.425 e. The van der Waals surface area contributed by atoms with E-state index in [1.54, 1.807) is 28.7 Å². The molecule has 3 heterocycles. The maximum Gasteiger partial charge on any atom is 0.252 e. The first kappa shape index (κ1) is 13.7. The number of thiophene rings is 1. The van der Waals surface area contributed by atoms with Crippen molar-refractivity contribution in [2.75, 3.05) is 13.1 Å². The molecule has 1 saturated heterocycles. The van der Waals surface area contributed by atoms with Crippen molar-refractivity contribution in [3.05, 3.63) is 29.3 Å². The number of rotatable bonds is 3. The van der Waals surface area contributed by atoms with E-state index in [1.807, 2.05) is 0 Å². The second-order valence-corrected chi connectivity index (χ2v) is 7.88. The SMILES string of the molecule is Cc1nnc(C2CCN(S(=O)(=O)c3cccs3)CC2)o1. The first-order valence-electron chi connectivity index (χ1n) is 6.41. The highest BCUT2D eigenvalue weighted by atomic mass is 32.2. The van der Waals surface area contributed by atoms with Crippen LogP contribution < -0.4 is 0 Å². The average molecular weight is 313 g/mol. The third-order valence-electron chi connectivity index (χ3n) is 3.43. The lowest BCUT2D eigenvalue weighted by atomic mass is 9.98. The quantitative estimate of drug-likeness (QED) is 0.866. The molecule has 0 saturated carbocycles. The lowest BCUT2D eigenvalue weighted by Gasteiger charge is -2.29. The summed E-state index contributed by atoms with van der Waals surface area (Å²) >= 11 is 1.25. The van der Waals surface area contributed by atoms with E-state index in [2.05, 4.69) is 10.2 Å². The molecule has 0 atom stereocenters. The van der Waals surface area contributed by atoms with Crippen molar-refractivity contribution < 1.29 is 12.8 Å². The van der Waals surface area contributed by atoms with Crippen LogP contribution in [0.3, 0.4) is 0 Å². The van der Waals surface area contributed by atoms with Gasteiger partial charge in [0.25, 0.3) is 10.0 Å². The van der Waals surface area contributed by atoms with Crippen LogP contribution in [-0.2, 0) is 10.0 Å². The molecule has 108 valence electrons. The van der Waals surface area contributed by atoms with Gasteiger partial charge in [0.2, 0.25) is 11.8 Å². The summed E-state index contributed by atoms with van der Waals surface area (Å²) < 4.78 is 32.1. The molecule has 0 aliphatic carbocycles. The fourth-order valence-corrected chi connectivity index (χ4v) is 4.97. The highest BCUT2D eigenvalue weighted by molar-refractivity contribution is 7.91. The van der Waals surface area contributed by atoms with E-state index in [4.69, 9.17) is 4.42 Å². The smallest absolute Gasteiger partial charge is 0.252 e. The Balaban J connectivity index is 1.70. The van der Waals surface area contributed by atoms with Gasteiger partial charge >= 0.3 is 0 Å². The van der Waals surface area contributed by atoms with E-state index >= 15 is 0 Å². The second kappa shape index (κ2) is 5.27. The van der Waals surface area contributed by atoms with Gasteiger partial charge in [-0.2, -0.15) is 4.31 Å². The van der Waals surface area contributed by atoms with Crippen molar-refractivity contribution >= 4 is 21.4 Å². The van der Waals surface area contributed by atoms with E-state index in [1.165, 1.54) is 11.3 Å². The predicted molar refractivity (Wildman–Crippen MR) is 74.1 cm³/mol. The van der Waals surface area contributed by atoms with Gasteiger partial charge in [0.05, 0.1) is 0 Å². The van der Waals surface area contributed by atoms with Gasteiger partial charge in [0.1, 0.15) is 4.21 Å². The summed E-state index contributed by atoms with van der Waals surface area (Å²) in [5, 5.41) is 9.63. The highest BCUT2D eigenvalue weighted by Gasteiger charge is 2.32. The molecule has 0 bridgehead atoms. The van der Waals surface area contributed by atoms with Gasteiger partial charge < -0.3 is 4.42 Å². The standard InChI is InChI=1S/C12H15N3O3S2/c1-9-13-14-12(18-9)10-4-6-15(7-5-10)20(16,17)11-3-2-8-19-11/h2-3,8,10H,4-7H2,1H3. The topological polar surface area (TPSA) is 76.3 Å². The minimum absolute atomic E-state index is 0.158. The third kappa shape index (κ3) is 2.50. The van der Waals surface area contributed by atoms with E-state index in [-0.39, 0.29) is 5.92 Å². The van der Waals surface area contributed by atoms with Crippen molar-refractivity contribution in [1.29, 1.82) is 0 Å². The molecule has 0 N–H and O–H groups in total. The molecule has 20 heavy (non-hydrogen) atoms. The molecule has 3 rings (SSSR count). The van der Waals surface area contributed by atoms with E-state index in [0.717, 1.165) is 0 Å². The predicted octanol–water partition coefficient (Wildman–Crippen LogP) is 2.01. The van der Waals surface area contributed by atoms with Gasteiger partial charge in [-0.15, -0.1) is 21.5 Å². The van der Waals surface area contributed by atoms with Gasteiger partial charge in [0.15, 0.2) is 0 Å². The number of nitrogens with zero attached hydrogens (tertiary/aromatic N) is 3. The zero-order valence-electron chi connectivity index (χ0n) is 11.0. The van der Waals surface area contributed by atoms with Crippen LogP contribution in [0.15, 0.2) is 26.1 Å². The maximum absolute atomic E-state index is 12.4. The molecule has 0 spiro atoms. The lowest BCUT2D eigenvalue weighted by molar-refractivity contribution is 0.288. The number of aromatic nitrogens is 2. The molecule has 0 amide bonds. The van der Waals surface area contributed by atoms with Crippen molar-refractivity contribution in [2.45, 2.75) is 29.9 Å². The Kier molecular flexibility index (Phi) is 3.61. The van der Waals surface area contributed by atoms with Crippen LogP contribution in [0.4, 0.5) is 0 Å². The summed E-state index contributed by atoms with van der Waals surface area (Å²) in [5.41, 5.74) is 0. The molecule has 0 aromatic carbocycles. The molecule has 1 fully saturated rings. The van der Waals surface area contributed by atoms with Crippen molar-refractivity contribution in [1.82, 2.24) is 14.5 Å². The van der Waals surface area contributed by atoms with Crippen LogP contribution in [0.2, 0.25) is 0 Å². The number of aryl methyl sites for hydroxylation is 1. The van der Waals surface area contributed by atoms with Gasteiger partial charge in [-0.1, -0.05) is 6.07 Å². The average Bonchev–Trinajstić information content (AvgIpc) is 3.10. The Morgan fingerprint density at radius 2 is 2.10 bits per heavy atom. The molecule has 1 aliphatic heterocycles. The Labute approximate surface area is 121 Å². The fraction of sp³-hybridized carbons (Fsp3) is 0.500. The van der Waals surface area contributed by atoms with Crippen LogP contribution in [0.25, 0.3) is 0 Å². The Morgan fingerprint density at radius 3 is 2.65 bits per heavy atom. The Hall–Kier alpha value is -1.25. The fourth-order valence-electron chi connectivity index (χ4n) is 2.36. The molecule has 1 aliphatic rings. The van der Waals surface area contributed by atoms with Crippen LogP contribution >= 0.6 is 11.3 Å². The largest absolute Gasteiger partial charge is 0.425 e. The molecular formula is C12H15N3O3S2. The summed E-state index contributed by atoms with van der Waals surface area (Å²) in [6, 6.07) is 3.40. The molecule has 8 heteroatoms. The van der Waals surface area contributed by atoms with Gasteiger partial charge in [-0.3, -0.25) is 0 Å². The van der Waals surface area contributed by atoms with Crippen molar-refractivity contribution in [3.8, 4) is 0 Å². The van der Waals surface area contributed by atoms with Gasteiger partial charge in [-0.05, 0) is 24.3 Å². The second-order valence-electron chi connectivity index (χ2n) is 4.77. The Bertz CT molecular complexity index is 671. The molecule has 2 aromatic rings. The zero-order valence-corrected chi connectivity index (χ0v) is 12.7. The molecule has 0 radical (unpaired) electrons. The van der Waals surface area contributed by atoms with Crippen LogP contribution in [0.1, 0.15) is 30.5 Å². The van der Waals surface area contributed by atoms with E-state index < -0.39 is 10.0 Å². The highest BCUT2D eigenvalue weighted by Crippen LogP contribution is 2.30. The summed E-state index contributed by atoms with van der Waals surface area (Å²) in [5.74, 6) is 1.33. The number of sulfonamides is 1. The molecule has 2 aromatic heterocycles. The summed E-state index contributed by atoms with van der Waals surface area (Å²) in [7, 11) is -3.33. The van der Waals surface area contributed by atoms with Crippen LogP contribution in [0, 0.1) is 6.92 Å². The number of hydrogen-bond acceptors (Lipinski definition) is 6. The molecular weight excluding hydrogens is 298 g/mol. The Morgan fingerprint density at radius 1 is 1.35 bits per heavy atom. The monoisotopic (exact) mass is 313 g/mol. The first-order valence-corrected chi connectivity index (χ1v) is 8.73. The number of piperidine rings is 1. The summed E-state index contributed by atoms with van der Waals surface area (Å²) in [6.45, 7) is 2.74. The summed E-state index contributed by atoms with van der Waals surface area (Å²) in [4.78, 5) is 0. The van der Waals surface area contributed by atoms with Crippen molar-refractivity contribution in [3.63, 3.8) is 0 Å². The zero-order chi connectivity index (χ0) is 14.2. The molecule has 0 unspecified atom stereocenters. The summed E-state index contributed by atoms with van der Waals surface area (Å²) in [6.07, 6.45) is 1.43. The normalized spacial score (nSPS) is 18.4. The van der Waals surface area contributed by atoms with Crippen LogP contribution in [0.5, 0.6) is 0 Å². The van der Waals surface area contributed by atoms with Crippen molar-refractivity contribution in [2.24, 2.45) is 0 Å². The van der Waals surface area contributed by atoms with Gasteiger partial charge in [-0.25, -0.2) is 8.42 Å². The number of hydrogen-bond donors (Lipinski definition) is 0. The lowest BCUT2D eigenvalue weighted by Crippen LogP contribution is -2.37. The van der Waals surface area contributed by atoms with E-state index in [0.29, 0.717) is 41.9 Å². The van der Waals surface area contributed by atoms with Gasteiger partial charge in [0, 0.05) is 25.9 Å². The maximum atomic E-state index is 12.4. The minimum atomic E-state index is -3.33. The molecule has 6 nitrogen and oxygen atoms in total. The van der Waals surface area contributed by atoms with Crippen LogP contribution in [-0.4, -0.2) is 36.0 Å². The third-order valence-corrected chi connectivity index (χ3v) is 6.71. The first-order chi connectivity index (χ1) is 9.57.